The van der Waals surface area contributed by atoms with E-state index in [0.717, 1.165) is 83.5 Å². The molecular formula is C60H106NO7+. The summed E-state index contributed by atoms with van der Waals surface area (Å²) in [5.74, 6) is -1.49. The van der Waals surface area contributed by atoms with Gasteiger partial charge < -0.3 is 23.8 Å². The smallest absolute Gasteiger partial charge is 0.362 e. The number of hydrogen-bond acceptors (Lipinski definition) is 6. The number of aliphatic carboxylic acids is 1. The number of ether oxygens (including phenoxy) is 3. The zero-order chi connectivity index (χ0) is 49.9. The monoisotopic (exact) mass is 953 g/mol. The molecule has 2 atom stereocenters. The van der Waals surface area contributed by atoms with Gasteiger partial charge in [-0.2, -0.15) is 0 Å². The molecule has 0 spiro atoms. The normalized spacial score (nSPS) is 13.4. The van der Waals surface area contributed by atoms with E-state index in [9.17, 15) is 19.5 Å². The lowest BCUT2D eigenvalue weighted by Gasteiger charge is -2.31. The van der Waals surface area contributed by atoms with E-state index in [1.165, 1.54) is 122 Å². The quantitative estimate of drug-likeness (QED) is 0.0281. The van der Waals surface area contributed by atoms with Gasteiger partial charge in [0.1, 0.15) is 6.61 Å². The summed E-state index contributed by atoms with van der Waals surface area (Å²) in [7, 11) is 5.53. The fourth-order valence-electron chi connectivity index (χ4n) is 8.06. The molecule has 0 aliphatic rings. The van der Waals surface area contributed by atoms with E-state index in [2.05, 4.69) is 86.8 Å². The van der Waals surface area contributed by atoms with Crippen LogP contribution in [0.2, 0.25) is 0 Å². The predicted octanol–water partition coefficient (Wildman–Crippen LogP) is 16.6. The third kappa shape index (κ3) is 47.8. The van der Waals surface area contributed by atoms with Crippen LogP contribution in [0.15, 0.2) is 72.9 Å². The van der Waals surface area contributed by atoms with Crippen molar-refractivity contribution in [2.75, 3.05) is 41.0 Å². The van der Waals surface area contributed by atoms with Crippen LogP contribution < -0.4 is 0 Å². The first kappa shape index (κ1) is 64.8. The van der Waals surface area contributed by atoms with Crippen molar-refractivity contribution in [3.05, 3.63) is 72.9 Å². The molecule has 0 aromatic carbocycles. The lowest BCUT2D eigenvalue weighted by Crippen LogP contribution is -2.50. The van der Waals surface area contributed by atoms with Crippen molar-refractivity contribution in [1.29, 1.82) is 0 Å². The molecule has 0 radical (unpaired) electrons. The average molecular weight is 954 g/mol. The van der Waals surface area contributed by atoms with Gasteiger partial charge in [-0.1, -0.05) is 209 Å². The third-order valence-corrected chi connectivity index (χ3v) is 12.3. The van der Waals surface area contributed by atoms with Crippen LogP contribution in [0.25, 0.3) is 0 Å². The fourth-order valence-corrected chi connectivity index (χ4v) is 8.06. The van der Waals surface area contributed by atoms with Crippen molar-refractivity contribution in [2.24, 2.45) is 0 Å². The zero-order valence-electron chi connectivity index (χ0n) is 44.8. The second kappa shape index (κ2) is 50.2. The molecule has 0 aliphatic carbocycles. The molecule has 0 bridgehead atoms. The van der Waals surface area contributed by atoms with Gasteiger partial charge in [0.15, 0.2) is 12.1 Å². The van der Waals surface area contributed by atoms with Crippen molar-refractivity contribution in [3.63, 3.8) is 0 Å². The molecule has 8 heteroatoms. The fraction of sp³-hybridized carbons (Fsp3) is 0.750. The van der Waals surface area contributed by atoms with Crippen LogP contribution in [-0.4, -0.2) is 80.6 Å². The molecule has 0 aromatic rings. The van der Waals surface area contributed by atoms with Crippen molar-refractivity contribution in [1.82, 2.24) is 0 Å². The Morgan fingerprint density at radius 2 is 0.824 bits per heavy atom. The van der Waals surface area contributed by atoms with Crippen LogP contribution >= 0.6 is 0 Å². The summed E-state index contributed by atoms with van der Waals surface area (Å²) in [6, 6.07) is -0.622. The SMILES string of the molecule is CC/C=C/C/C=C/C/C=C/C/C=C/C/C=C/CCCCCCCCC(=O)OC(COCCC(C(=O)O)[N+](C)(C)C)COC(=O)CCCCCCCCC/C=C/CCCCCCCCCCCCC. The molecule has 0 heterocycles. The lowest BCUT2D eigenvalue weighted by molar-refractivity contribution is -0.887. The molecule has 0 rings (SSSR count). The number of carbonyl (C=O) groups is 3. The highest BCUT2D eigenvalue weighted by molar-refractivity contribution is 5.72. The molecule has 0 aliphatic heterocycles. The zero-order valence-corrected chi connectivity index (χ0v) is 44.8. The van der Waals surface area contributed by atoms with Crippen LogP contribution in [0.3, 0.4) is 0 Å². The standard InChI is InChI=1S/C60H105NO7/c1-6-8-10-12-14-16-18-20-22-24-26-28-30-32-34-36-38-40-42-44-46-48-50-58(62)67-55-56(54-66-53-52-57(60(64)65)61(3,4)5)68-59(63)51-49-47-45-43-41-39-37-35-33-31-29-27-25-23-21-19-17-15-13-11-9-7-2/h9,11,15,17,21,23,27,29-30,32-33,35,56-57H,6-8,10,12-14,16,18-20,22,24-26,28,31,34,36-55H2,1-5H3/p+1/b11-9+,17-15+,23-21+,29-27+,32-30+,35-33+. The Kier molecular flexibility index (Phi) is 47.8. The number of nitrogens with zero attached hydrogens (tertiary/aromatic N) is 1. The molecular weight excluding hydrogens is 847 g/mol. The number of likely N-dealkylation sites (N-methyl/N-ethyl adjacent to an activating group) is 1. The number of unbranched alkanes of at least 4 members (excludes halogenated alkanes) is 24. The number of allylic oxidation sites excluding steroid dienone is 12. The Morgan fingerprint density at radius 1 is 0.456 bits per heavy atom. The van der Waals surface area contributed by atoms with Gasteiger partial charge in [0.2, 0.25) is 0 Å². The lowest BCUT2D eigenvalue weighted by atomic mass is 10.0. The molecule has 68 heavy (non-hydrogen) atoms. The maximum atomic E-state index is 12.8. The van der Waals surface area contributed by atoms with Crippen LogP contribution in [0, 0.1) is 0 Å². The van der Waals surface area contributed by atoms with Gasteiger partial charge in [-0.3, -0.25) is 9.59 Å². The first-order chi connectivity index (χ1) is 33.1. The van der Waals surface area contributed by atoms with E-state index < -0.39 is 18.1 Å². The van der Waals surface area contributed by atoms with Crippen molar-refractivity contribution >= 4 is 17.9 Å². The molecule has 0 aromatic heterocycles. The third-order valence-electron chi connectivity index (χ3n) is 12.3. The number of hydrogen-bond donors (Lipinski definition) is 1. The molecule has 8 nitrogen and oxygen atoms in total. The molecule has 0 amide bonds. The Balaban J connectivity index is 4.24. The van der Waals surface area contributed by atoms with Gasteiger partial charge >= 0.3 is 17.9 Å². The van der Waals surface area contributed by atoms with Gasteiger partial charge in [0, 0.05) is 19.3 Å². The van der Waals surface area contributed by atoms with Gasteiger partial charge in [-0.05, 0) is 83.5 Å². The van der Waals surface area contributed by atoms with Crippen molar-refractivity contribution in [3.8, 4) is 0 Å². The molecule has 392 valence electrons. The average Bonchev–Trinajstić information content (AvgIpc) is 3.30. The second-order valence-corrected chi connectivity index (χ2v) is 19.8. The van der Waals surface area contributed by atoms with Crippen molar-refractivity contribution < 1.29 is 38.2 Å². The number of carbonyl (C=O) groups excluding carboxylic acids is 2. The number of quaternary nitrogens is 1. The largest absolute Gasteiger partial charge is 0.477 e. The predicted molar refractivity (Wildman–Crippen MR) is 289 cm³/mol. The van der Waals surface area contributed by atoms with Crippen LogP contribution in [0.1, 0.15) is 239 Å². The number of carboxylic acid groups (broad SMARTS) is 1. The van der Waals surface area contributed by atoms with E-state index >= 15 is 0 Å². The molecule has 0 fully saturated rings. The minimum absolute atomic E-state index is 0.0512. The maximum Gasteiger partial charge on any atom is 0.362 e. The Morgan fingerprint density at radius 3 is 1.24 bits per heavy atom. The molecule has 0 saturated heterocycles. The Labute approximate surface area is 419 Å². The highest BCUT2D eigenvalue weighted by Gasteiger charge is 2.31. The van der Waals surface area contributed by atoms with Crippen molar-refractivity contribution in [2.45, 2.75) is 251 Å². The molecule has 2 unspecified atom stereocenters. The minimum atomic E-state index is -0.879. The van der Waals surface area contributed by atoms with E-state index in [4.69, 9.17) is 14.2 Å². The van der Waals surface area contributed by atoms with E-state index in [1.807, 2.05) is 21.1 Å². The summed E-state index contributed by atoms with van der Waals surface area (Å²) in [6.07, 6.45) is 65.3. The summed E-state index contributed by atoms with van der Waals surface area (Å²) < 4.78 is 17.4. The van der Waals surface area contributed by atoms with Gasteiger partial charge in [-0.15, -0.1) is 0 Å². The number of carboxylic acids is 1. The van der Waals surface area contributed by atoms with E-state index in [1.54, 1.807) is 0 Å². The Bertz CT molecular complexity index is 1340. The highest BCUT2D eigenvalue weighted by Crippen LogP contribution is 2.15. The first-order valence-electron chi connectivity index (χ1n) is 28.0. The summed E-state index contributed by atoms with van der Waals surface area (Å²) in [5.41, 5.74) is 0. The summed E-state index contributed by atoms with van der Waals surface area (Å²) in [6.45, 7) is 4.63. The minimum Gasteiger partial charge on any atom is -0.477 e. The van der Waals surface area contributed by atoms with Crippen LogP contribution in [-0.2, 0) is 28.6 Å². The maximum absolute atomic E-state index is 12.8. The highest BCUT2D eigenvalue weighted by atomic mass is 16.6. The van der Waals surface area contributed by atoms with Gasteiger partial charge in [-0.25, -0.2) is 4.79 Å². The van der Waals surface area contributed by atoms with Gasteiger partial charge in [0.05, 0.1) is 34.4 Å². The number of esters is 2. The Hall–Kier alpha value is -3.23. The molecule has 0 saturated carbocycles. The van der Waals surface area contributed by atoms with E-state index in [-0.39, 0.29) is 36.2 Å². The van der Waals surface area contributed by atoms with Crippen LogP contribution in [0.4, 0.5) is 0 Å². The second-order valence-electron chi connectivity index (χ2n) is 19.8. The van der Waals surface area contributed by atoms with Gasteiger partial charge in [0.25, 0.3) is 0 Å². The molecule has 1 N–H and O–H groups in total. The summed E-state index contributed by atoms with van der Waals surface area (Å²) in [4.78, 5) is 37.3. The summed E-state index contributed by atoms with van der Waals surface area (Å²) in [5, 5.41) is 9.67. The van der Waals surface area contributed by atoms with E-state index in [0.29, 0.717) is 19.3 Å². The topological polar surface area (TPSA) is 99.1 Å². The summed E-state index contributed by atoms with van der Waals surface area (Å²) >= 11 is 0. The number of rotatable bonds is 50. The van der Waals surface area contributed by atoms with Crippen LogP contribution in [0.5, 0.6) is 0 Å². The first-order valence-corrected chi connectivity index (χ1v) is 28.0.